The van der Waals surface area contributed by atoms with Gasteiger partial charge in [-0.05, 0) is 18.3 Å². The summed E-state index contributed by atoms with van der Waals surface area (Å²) in [5.74, 6) is 0.956. The molecule has 0 rings (SSSR count). The SMILES string of the molecule is CC(C)C.CC(C)CC(N)C(=O)NCC(=O)P. The van der Waals surface area contributed by atoms with E-state index in [9.17, 15) is 9.59 Å². The fraction of sp³-hybridized carbons (Fsp3) is 0.833. The molecule has 2 atom stereocenters. The average Bonchev–Trinajstić information content (AvgIpc) is 2.11. The highest BCUT2D eigenvalue weighted by Gasteiger charge is 2.14. The first-order chi connectivity index (χ1) is 7.66. The van der Waals surface area contributed by atoms with Crippen LogP contribution in [0.5, 0.6) is 0 Å². The lowest BCUT2D eigenvalue weighted by atomic mass is 10.0. The first-order valence-electron chi connectivity index (χ1n) is 5.98. The monoisotopic (exact) mass is 262 g/mol. The summed E-state index contributed by atoms with van der Waals surface area (Å²) in [6.07, 6.45) is 0.636. The van der Waals surface area contributed by atoms with Crippen LogP contribution < -0.4 is 11.1 Å². The van der Waals surface area contributed by atoms with Crippen LogP contribution in [0.1, 0.15) is 41.0 Å². The zero-order valence-electron chi connectivity index (χ0n) is 11.6. The van der Waals surface area contributed by atoms with E-state index >= 15 is 0 Å². The number of hydrogen-bond acceptors (Lipinski definition) is 3. The van der Waals surface area contributed by atoms with E-state index in [1.807, 2.05) is 23.1 Å². The Bertz CT molecular complexity index is 228. The molecule has 0 aromatic heterocycles. The molecule has 1 amide bonds. The maximum Gasteiger partial charge on any atom is 0.237 e. The van der Waals surface area contributed by atoms with E-state index < -0.39 is 6.04 Å². The smallest absolute Gasteiger partial charge is 0.237 e. The van der Waals surface area contributed by atoms with Crippen LogP contribution >= 0.6 is 9.24 Å². The third kappa shape index (κ3) is 18.1. The lowest BCUT2D eigenvalue weighted by molar-refractivity contribution is -0.124. The minimum atomic E-state index is -0.510. The molecule has 102 valence electrons. The quantitative estimate of drug-likeness (QED) is 0.738. The first kappa shape index (κ1) is 18.9. The van der Waals surface area contributed by atoms with Crippen molar-refractivity contribution in [2.75, 3.05) is 6.54 Å². The van der Waals surface area contributed by atoms with Gasteiger partial charge in [-0.1, -0.05) is 43.9 Å². The van der Waals surface area contributed by atoms with Crippen LogP contribution in [0.15, 0.2) is 0 Å². The summed E-state index contributed by atoms with van der Waals surface area (Å²) in [4.78, 5) is 21.7. The van der Waals surface area contributed by atoms with Gasteiger partial charge in [0.1, 0.15) is 0 Å². The lowest BCUT2D eigenvalue weighted by Crippen LogP contribution is -2.42. The van der Waals surface area contributed by atoms with E-state index in [1.165, 1.54) is 0 Å². The Balaban J connectivity index is 0. The fourth-order valence-electron chi connectivity index (χ4n) is 0.920. The van der Waals surface area contributed by atoms with E-state index in [-0.39, 0.29) is 18.0 Å². The van der Waals surface area contributed by atoms with E-state index in [1.54, 1.807) is 0 Å². The minimum absolute atomic E-state index is 0.0370. The highest BCUT2D eigenvalue weighted by Crippen LogP contribution is 2.02. The van der Waals surface area contributed by atoms with Crippen molar-refractivity contribution in [3.63, 3.8) is 0 Å². The van der Waals surface area contributed by atoms with E-state index in [0.717, 1.165) is 5.92 Å². The Hall–Kier alpha value is -0.470. The molecule has 4 nitrogen and oxygen atoms in total. The molecule has 5 heteroatoms. The molecule has 0 aromatic carbocycles. The van der Waals surface area contributed by atoms with Crippen molar-refractivity contribution in [3.05, 3.63) is 0 Å². The van der Waals surface area contributed by atoms with Gasteiger partial charge in [0.2, 0.25) is 5.91 Å². The Morgan fingerprint density at radius 2 is 1.59 bits per heavy atom. The van der Waals surface area contributed by atoms with Gasteiger partial charge in [0, 0.05) is 0 Å². The van der Waals surface area contributed by atoms with Gasteiger partial charge in [-0.3, -0.25) is 9.59 Å². The van der Waals surface area contributed by atoms with E-state index in [4.69, 9.17) is 5.73 Å². The minimum Gasteiger partial charge on any atom is -0.347 e. The number of hydrogen-bond donors (Lipinski definition) is 2. The van der Waals surface area contributed by atoms with Gasteiger partial charge in [-0.25, -0.2) is 0 Å². The Labute approximate surface area is 107 Å². The molecule has 0 heterocycles. The van der Waals surface area contributed by atoms with Gasteiger partial charge in [0.15, 0.2) is 5.52 Å². The van der Waals surface area contributed by atoms with Gasteiger partial charge >= 0.3 is 0 Å². The van der Waals surface area contributed by atoms with Gasteiger partial charge in [-0.15, -0.1) is 0 Å². The second-order valence-corrected chi connectivity index (χ2v) is 5.80. The lowest BCUT2D eigenvalue weighted by Gasteiger charge is -2.13. The van der Waals surface area contributed by atoms with Crippen LogP contribution in [0.2, 0.25) is 0 Å². The number of carbonyl (C=O) groups is 2. The number of rotatable bonds is 5. The van der Waals surface area contributed by atoms with E-state index in [0.29, 0.717) is 12.3 Å². The van der Waals surface area contributed by atoms with Gasteiger partial charge in [0.25, 0.3) is 0 Å². The molecular formula is C12H27N2O2P. The second-order valence-electron chi connectivity index (χ2n) is 5.15. The highest BCUT2D eigenvalue weighted by atomic mass is 31.0. The van der Waals surface area contributed by atoms with Crippen LogP contribution in [0.4, 0.5) is 0 Å². The molecule has 0 aliphatic rings. The summed E-state index contributed by atoms with van der Waals surface area (Å²) in [5.41, 5.74) is 5.43. The van der Waals surface area contributed by atoms with E-state index in [2.05, 4.69) is 26.1 Å². The maximum absolute atomic E-state index is 11.2. The molecule has 0 bridgehead atoms. The number of amides is 1. The van der Waals surface area contributed by atoms with Crippen molar-refractivity contribution >= 4 is 20.7 Å². The average molecular weight is 262 g/mol. The molecule has 17 heavy (non-hydrogen) atoms. The Morgan fingerprint density at radius 1 is 1.18 bits per heavy atom. The Morgan fingerprint density at radius 3 is 1.88 bits per heavy atom. The third-order valence-electron chi connectivity index (χ3n) is 1.50. The van der Waals surface area contributed by atoms with Crippen molar-refractivity contribution < 1.29 is 9.59 Å². The molecule has 0 spiro atoms. The summed E-state index contributed by atoms with van der Waals surface area (Å²) >= 11 is 0. The largest absolute Gasteiger partial charge is 0.347 e. The normalized spacial score (nSPS) is 11.8. The molecule has 0 saturated carbocycles. The maximum atomic E-state index is 11.2. The predicted molar refractivity (Wildman–Crippen MR) is 75.7 cm³/mol. The number of nitrogens with one attached hydrogen (secondary N) is 1. The van der Waals surface area contributed by atoms with Gasteiger partial charge in [0.05, 0.1) is 12.6 Å². The second kappa shape index (κ2) is 10.7. The third-order valence-corrected chi connectivity index (χ3v) is 1.70. The van der Waals surface area contributed by atoms with Crippen LogP contribution in [-0.2, 0) is 9.59 Å². The van der Waals surface area contributed by atoms with Crippen LogP contribution in [0.3, 0.4) is 0 Å². The van der Waals surface area contributed by atoms with Crippen LogP contribution in [-0.4, -0.2) is 24.0 Å². The molecule has 0 aliphatic heterocycles. The zero-order valence-corrected chi connectivity index (χ0v) is 12.8. The summed E-state index contributed by atoms with van der Waals surface area (Å²) in [6.45, 7) is 10.5. The molecule has 0 radical (unpaired) electrons. The first-order valence-corrected chi connectivity index (χ1v) is 6.56. The predicted octanol–water partition coefficient (Wildman–Crippen LogP) is 1.54. The fourth-order valence-corrected chi connectivity index (χ4v) is 1.02. The standard InChI is InChI=1S/C8H17N2O2P.C4H10/c1-5(2)3-6(9)8(12)10-4-7(11)13;1-4(2)3/h5-6H,3-4,9,13H2,1-2H3,(H,10,12);4H,1-3H3. The van der Waals surface area contributed by atoms with Crippen molar-refractivity contribution in [2.45, 2.75) is 47.1 Å². The molecule has 2 unspecified atom stereocenters. The van der Waals surface area contributed by atoms with Crippen molar-refractivity contribution in [1.29, 1.82) is 0 Å². The zero-order chi connectivity index (χ0) is 14.0. The summed E-state index contributed by atoms with van der Waals surface area (Å²) in [5, 5.41) is 2.45. The summed E-state index contributed by atoms with van der Waals surface area (Å²) in [7, 11) is 2.00. The topological polar surface area (TPSA) is 72.2 Å². The molecule has 3 N–H and O–H groups in total. The van der Waals surface area contributed by atoms with Crippen molar-refractivity contribution in [3.8, 4) is 0 Å². The number of nitrogens with two attached hydrogens (primary N) is 1. The van der Waals surface area contributed by atoms with Crippen LogP contribution in [0.25, 0.3) is 0 Å². The van der Waals surface area contributed by atoms with Crippen LogP contribution in [0, 0.1) is 11.8 Å². The number of carbonyl (C=O) groups excluding carboxylic acids is 2. The van der Waals surface area contributed by atoms with Gasteiger partial charge < -0.3 is 11.1 Å². The summed E-state index contributed by atoms with van der Waals surface area (Å²) < 4.78 is 0. The summed E-state index contributed by atoms with van der Waals surface area (Å²) in [6, 6.07) is -0.510. The van der Waals surface area contributed by atoms with Crippen molar-refractivity contribution in [2.24, 2.45) is 17.6 Å². The Kier molecular flexibility index (Phi) is 11.9. The molecule has 0 fully saturated rings. The molecule has 0 aromatic rings. The molecule has 0 saturated heterocycles. The van der Waals surface area contributed by atoms with Gasteiger partial charge in [-0.2, -0.15) is 0 Å². The highest BCUT2D eigenvalue weighted by molar-refractivity contribution is 7.40. The van der Waals surface area contributed by atoms with Crippen molar-refractivity contribution in [1.82, 2.24) is 5.32 Å². The molecule has 0 aliphatic carbocycles. The molecular weight excluding hydrogens is 235 g/mol.